The fraction of sp³-hybridized carbons (Fsp3) is 0.273. The molecule has 0 radical (unpaired) electrons. The zero-order valence-electron chi connectivity index (χ0n) is 7.99. The fourth-order valence-electron chi connectivity index (χ4n) is 1.56. The number of likely N-dealkylation sites (N-methyl/N-ethyl adjacent to an activating group) is 1. The highest BCUT2D eigenvalue weighted by molar-refractivity contribution is 5.72. The van der Waals surface area contributed by atoms with Crippen molar-refractivity contribution >= 4 is 11.8 Å². The second kappa shape index (κ2) is 2.60. The number of para-hydroxylation sites is 1. The Labute approximate surface area is 78.7 Å². The van der Waals surface area contributed by atoms with Gasteiger partial charge in [-0.05, 0) is 24.6 Å². The minimum atomic E-state index is -0.367. The Bertz CT molecular complexity index is 353. The van der Waals surface area contributed by atoms with E-state index in [1.807, 2.05) is 32.2 Å². The third kappa shape index (κ3) is 1.23. The Hall–Kier alpha value is -1.28. The smallest absolute Gasteiger partial charge is 0.105 e. The quantitative estimate of drug-likeness (QED) is 0.650. The normalized spacial score (nSPS) is 25.9. The molecule has 1 aromatic rings. The van der Waals surface area contributed by atoms with Crippen molar-refractivity contribution in [1.29, 1.82) is 0 Å². The van der Waals surface area contributed by atoms with Crippen molar-refractivity contribution in [2.45, 2.75) is 12.6 Å². The van der Waals surface area contributed by atoms with Gasteiger partial charge in [0.1, 0.15) is 5.66 Å². The maximum atomic E-state index is 6.08. The van der Waals surface area contributed by atoms with Gasteiger partial charge in [-0.2, -0.15) is 0 Å². The maximum absolute atomic E-state index is 6.08. The molecule has 0 saturated heterocycles. The largest absolute Gasteiger partial charge is 0.353 e. The molecule has 2 heteroatoms. The second-order valence-corrected chi connectivity index (χ2v) is 3.68. The van der Waals surface area contributed by atoms with Gasteiger partial charge >= 0.3 is 0 Å². The summed E-state index contributed by atoms with van der Waals surface area (Å²) in [7, 11) is 2.02. The summed E-state index contributed by atoms with van der Waals surface area (Å²) in [5.41, 5.74) is 8.13. The lowest BCUT2D eigenvalue weighted by Crippen LogP contribution is -2.51. The molecule has 68 valence electrons. The highest BCUT2D eigenvalue weighted by Crippen LogP contribution is 2.29. The van der Waals surface area contributed by atoms with Gasteiger partial charge in [-0.15, -0.1) is 0 Å². The molecule has 0 spiro atoms. The third-order valence-electron chi connectivity index (χ3n) is 2.62. The number of anilines is 1. The topological polar surface area (TPSA) is 29.3 Å². The number of hydrogen-bond donors (Lipinski definition) is 1. The fourth-order valence-corrected chi connectivity index (χ4v) is 1.56. The summed E-state index contributed by atoms with van der Waals surface area (Å²) >= 11 is 0. The minimum absolute atomic E-state index is 0.367. The molecule has 1 atom stereocenters. The van der Waals surface area contributed by atoms with Crippen molar-refractivity contribution in [3.8, 4) is 0 Å². The van der Waals surface area contributed by atoms with Crippen molar-refractivity contribution in [2.75, 3.05) is 11.9 Å². The van der Waals surface area contributed by atoms with E-state index in [1.54, 1.807) is 0 Å². The van der Waals surface area contributed by atoms with Gasteiger partial charge in [-0.1, -0.05) is 24.3 Å². The zero-order chi connectivity index (χ0) is 9.47. The minimum Gasteiger partial charge on any atom is -0.353 e. The molecule has 2 nitrogen and oxygen atoms in total. The van der Waals surface area contributed by atoms with Crippen LogP contribution in [0.25, 0.3) is 6.08 Å². The van der Waals surface area contributed by atoms with Crippen molar-refractivity contribution in [2.24, 2.45) is 5.73 Å². The lowest BCUT2D eigenvalue weighted by atomic mass is 10.0. The molecular formula is C11H14N2. The van der Waals surface area contributed by atoms with Crippen LogP contribution in [0.5, 0.6) is 0 Å². The van der Waals surface area contributed by atoms with E-state index >= 15 is 0 Å². The van der Waals surface area contributed by atoms with Gasteiger partial charge in [0.15, 0.2) is 0 Å². The summed E-state index contributed by atoms with van der Waals surface area (Å²) in [6.45, 7) is 2.00. The molecule has 0 amide bonds. The molecule has 1 aliphatic rings. The first kappa shape index (κ1) is 8.32. The summed E-state index contributed by atoms with van der Waals surface area (Å²) in [5, 5.41) is 0. The average Bonchev–Trinajstić information content (AvgIpc) is 2.13. The molecule has 0 aliphatic carbocycles. The summed E-state index contributed by atoms with van der Waals surface area (Å²) in [6.07, 6.45) is 4.10. The first-order chi connectivity index (χ1) is 6.11. The van der Waals surface area contributed by atoms with E-state index in [9.17, 15) is 0 Å². The van der Waals surface area contributed by atoms with E-state index in [2.05, 4.69) is 23.1 Å². The molecule has 1 aliphatic heterocycles. The Balaban J connectivity index is 2.55. The summed E-state index contributed by atoms with van der Waals surface area (Å²) < 4.78 is 0. The summed E-state index contributed by atoms with van der Waals surface area (Å²) in [6, 6.07) is 8.25. The Morgan fingerprint density at radius 1 is 1.31 bits per heavy atom. The molecule has 1 unspecified atom stereocenters. The molecule has 1 heterocycles. The average molecular weight is 174 g/mol. The Kier molecular flexibility index (Phi) is 1.67. The van der Waals surface area contributed by atoms with Crippen LogP contribution < -0.4 is 10.6 Å². The van der Waals surface area contributed by atoms with E-state index < -0.39 is 0 Å². The highest BCUT2D eigenvalue weighted by atomic mass is 15.2. The van der Waals surface area contributed by atoms with Gasteiger partial charge in [-0.3, -0.25) is 0 Å². The van der Waals surface area contributed by atoms with E-state index in [1.165, 1.54) is 11.3 Å². The molecule has 0 aromatic heterocycles. The number of nitrogens with two attached hydrogens (primary N) is 1. The van der Waals surface area contributed by atoms with Crippen molar-refractivity contribution in [1.82, 2.24) is 0 Å². The zero-order valence-corrected chi connectivity index (χ0v) is 7.99. The van der Waals surface area contributed by atoms with E-state index in [0.29, 0.717) is 0 Å². The Morgan fingerprint density at radius 3 is 2.77 bits per heavy atom. The van der Waals surface area contributed by atoms with Gasteiger partial charge in [0.2, 0.25) is 0 Å². The van der Waals surface area contributed by atoms with Crippen LogP contribution in [0.2, 0.25) is 0 Å². The van der Waals surface area contributed by atoms with Gasteiger partial charge in [-0.25, -0.2) is 0 Å². The van der Waals surface area contributed by atoms with Crippen LogP contribution >= 0.6 is 0 Å². The number of benzene rings is 1. The summed E-state index contributed by atoms with van der Waals surface area (Å²) in [5.74, 6) is 0. The van der Waals surface area contributed by atoms with E-state index in [-0.39, 0.29) is 5.66 Å². The molecule has 0 fully saturated rings. The molecule has 13 heavy (non-hydrogen) atoms. The number of hydrogen-bond acceptors (Lipinski definition) is 2. The van der Waals surface area contributed by atoms with Crippen LogP contribution in [0.4, 0.5) is 5.69 Å². The van der Waals surface area contributed by atoms with E-state index in [0.717, 1.165) is 0 Å². The van der Waals surface area contributed by atoms with Crippen LogP contribution in [0.15, 0.2) is 30.3 Å². The third-order valence-corrected chi connectivity index (χ3v) is 2.62. The monoisotopic (exact) mass is 174 g/mol. The molecule has 0 bridgehead atoms. The lowest BCUT2D eigenvalue weighted by molar-refractivity contribution is 0.569. The van der Waals surface area contributed by atoms with Crippen LogP contribution in [0.3, 0.4) is 0 Å². The number of nitrogens with zero attached hydrogens (tertiary/aromatic N) is 1. The molecule has 1 aromatic carbocycles. The van der Waals surface area contributed by atoms with Crippen LogP contribution in [0.1, 0.15) is 12.5 Å². The van der Waals surface area contributed by atoms with Crippen LogP contribution in [-0.4, -0.2) is 12.7 Å². The molecule has 0 saturated carbocycles. The lowest BCUT2D eigenvalue weighted by Gasteiger charge is -2.38. The van der Waals surface area contributed by atoms with E-state index in [4.69, 9.17) is 5.73 Å². The number of rotatable bonds is 0. The Morgan fingerprint density at radius 2 is 2.00 bits per heavy atom. The standard InChI is InChI=1S/C11H14N2/c1-11(12)8-7-9-5-3-4-6-10(9)13(11)2/h3-8H,12H2,1-2H3. The maximum Gasteiger partial charge on any atom is 0.105 e. The van der Waals surface area contributed by atoms with Crippen LogP contribution in [-0.2, 0) is 0 Å². The predicted molar refractivity (Wildman–Crippen MR) is 56.5 cm³/mol. The predicted octanol–water partition coefficient (Wildman–Crippen LogP) is 1.82. The van der Waals surface area contributed by atoms with Crippen LogP contribution in [0, 0.1) is 0 Å². The van der Waals surface area contributed by atoms with Gasteiger partial charge in [0.25, 0.3) is 0 Å². The first-order valence-electron chi connectivity index (χ1n) is 4.42. The molecule has 2 N–H and O–H groups in total. The second-order valence-electron chi connectivity index (χ2n) is 3.68. The van der Waals surface area contributed by atoms with Crippen molar-refractivity contribution < 1.29 is 0 Å². The highest BCUT2D eigenvalue weighted by Gasteiger charge is 2.25. The van der Waals surface area contributed by atoms with Gasteiger partial charge < -0.3 is 10.6 Å². The first-order valence-corrected chi connectivity index (χ1v) is 4.42. The number of fused-ring (bicyclic) bond motifs is 1. The SMILES string of the molecule is CN1c2ccccc2C=CC1(C)N. The van der Waals surface area contributed by atoms with Gasteiger partial charge in [0.05, 0.1) is 0 Å². The summed E-state index contributed by atoms with van der Waals surface area (Å²) in [4.78, 5) is 2.09. The van der Waals surface area contributed by atoms with Crippen molar-refractivity contribution in [3.05, 3.63) is 35.9 Å². The molecule has 2 rings (SSSR count). The van der Waals surface area contributed by atoms with Crippen molar-refractivity contribution in [3.63, 3.8) is 0 Å². The van der Waals surface area contributed by atoms with Gasteiger partial charge in [0, 0.05) is 12.7 Å². The molecular weight excluding hydrogens is 160 g/mol.